The second-order valence-electron chi connectivity index (χ2n) is 4.32. The van der Waals surface area contributed by atoms with Crippen molar-refractivity contribution in [3.05, 3.63) is 29.3 Å². The van der Waals surface area contributed by atoms with Crippen LogP contribution in [0.3, 0.4) is 0 Å². The molecule has 0 aliphatic rings. The number of unbranched alkanes of at least 4 members (excludes halogenated alkanes) is 2. The van der Waals surface area contributed by atoms with E-state index in [2.05, 4.69) is 13.8 Å². The molecule has 0 aromatic heterocycles. The quantitative estimate of drug-likeness (QED) is 0.486. The predicted octanol–water partition coefficient (Wildman–Crippen LogP) is 4.79. The van der Waals surface area contributed by atoms with E-state index < -0.39 is 7.60 Å². The Bertz CT molecular complexity index is 409. The van der Waals surface area contributed by atoms with Gasteiger partial charge in [0.1, 0.15) is 0 Å². The minimum atomic E-state index is -3.30. The molecule has 0 saturated heterocycles. The van der Waals surface area contributed by atoms with Crippen LogP contribution >= 0.6 is 19.2 Å². The van der Waals surface area contributed by atoms with Crippen LogP contribution in [0.1, 0.15) is 39.5 Å². The van der Waals surface area contributed by atoms with E-state index in [0.29, 0.717) is 23.5 Å². The van der Waals surface area contributed by atoms with Gasteiger partial charge in [-0.2, -0.15) is 0 Å². The molecule has 0 fully saturated rings. The van der Waals surface area contributed by atoms with Crippen molar-refractivity contribution in [2.45, 2.75) is 39.5 Å². The fraction of sp³-hybridized carbons (Fsp3) is 0.571. The highest BCUT2D eigenvalue weighted by molar-refractivity contribution is 7.62. The molecule has 3 nitrogen and oxygen atoms in total. The van der Waals surface area contributed by atoms with Crippen LogP contribution in [-0.4, -0.2) is 13.2 Å². The van der Waals surface area contributed by atoms with Crippen LogP contribution in [-0.2, 0) is 13.6 Å². The van der Waals surface area contributed by atoms with Gasteiger partial charge in [-0.05, 0) is 25.0 Å². The summed E-state index contributed by atoms with van der Waals surface area (Å²) in [4.78, 5) is 0. The van der Waals surface area contributed by atoms with Crippen molar-refractivity contribution < 1.29 is 13.6 Å². The van der Waals surface area contributed by atoms with Crippen LogP contribution in [0, 0.1) is 0 Å². The van der Waals surface area contributed by atoms with E-state index >= 15 is 0 Å². The Morgan fingerprint density at radius 2 is 1.58 bits per heavy atom. The zero-order valence-corrected chi connectivity index (χ0v) is 13.3. The molecule has 1 aromatic rings. The van der Waals surface area contributed by atoms with Crippen molar-refractivity contribution in [3.63, 3.8) is 0 Å². The molecular weight excluding hydrogens is 283 g/mol. The average Bonchev–Trinajstić information content (AvgIpc) is 2.40. The summed E-state index contributed by atoms with van der Waals surface area (Å²) in [7, 11) is -3.30. The van der Waals surface area contributed by atoms with E-state index in [9.17, 15) is 4.57 Å². The minimum absolute atomic E-state index is 0.422. The summed E-state index contributed by atoms with van der Waals surface area (Å²) in [6.45, 7) is 4.96. The first-order valence-electron chi connectivity index (χ1n) is 6.78. The Kier molecular flexibility index (Phi) is 7.70. The number of rotatable bonds is 9. The Hall–Kier alpha value is -0.340. The van der Waals surface area contributed by atoms with Crippen molar-refractivity contribution in [1.29, 1.82) is 0 Å². The second-order valence-corrected chi connectivity index (χ2v) is 6.72. The number of hydrogen-bond acceptors (Lipinski definition) is 3. The van der Waals surface area contributed by atoms with Gasteiger partial charge in [0.25, 0.3) is 0 Å². The van der Waals surface area contributed by atoms with Gasteiger partial charge in [-0.3, -0.25) is 4.57 Å². The van der Waals surface area contributed by atoms with Gasteiger partial charge in [0, 0.05) is 0 Å². The summed E-state index contributed by atoms with van der Waals surface area (Å²) < 4.78 is 23.9. The standard InChI is InChI=1S/C14H22ClO3P/c1-3-5-11-17-19(16,18-12-6-4-2)14-10-8-7-9-13(14)15/h7-10H,3-6,11-12H2,1-2H3. The highest BCUT2D eigenvalue weighted by atomic mass is 35.5. The molecule has 1 rings (SSSR count). The Morgan fingerprint density at radius 1 is 1.05 bits per heavy atom. The topological polar surface area (TPSA) is 35.5 Å². The molecule has 0 spiro atoms. The Morgan fingerprint density at radius 3 is 2.05 bits per heavy atom. The molecular formula is C14H22ClO3P. The fourth-order valence-electron chi connectivity index (χ4n) is 1.51. The van der Waals surface area contributed by atoms with Gasteiger partial charge in [0.2, 0.25) is 0 Å². The summed E-state index contributed by atoms with van der Waals surface area (Å²) in [5.74, 6) is 0. The van der Waals surface area contributed by atoms with Gasteiger partial charge in [-0.15, -0.1) is 0 Å². The lowest BCUT2D eigenvalue weighted by molar-refractivity contribution is 0.208. The summed E-state index contributed by atoms with van der Waals surface area (Å²) in [6.07, 6.45) is 3.67. The predicted molar refractivity (Wildman–Crippen MR) is 80.4 cm³/mol. The normalized spacial score (nSPS) is 11.7. The van der Waals surface area contributed by atoms with E-state index in [1.54, 1.807) is 24.3 Å². The largest absolute Gasteiger partial charge is 0.362 e. The van der Waals surface area contributed by atoms with E-state index in [-0.39, 0.29) is 0 Å². The first-order valence-corrected chi connectivity index (χ1v) is 8.70. The zero-order valence-electron chi connectivity index (χ0n) is 11.6. The van der Waals surface area contributed by atoms with Crippen molar-refractivity contribution in [1.82, 2.24) is 0 Å². The lowest BCUT2D eigenvalue weighted by atomic mass is 10.4. The number of benzene rings is 1. The molecule has 19 heavy (non-hydrogen) atoms. The van der Waals surface area contributed by atoms with Crippen LogP contribution in [0.15, 0.2) is 24.3 Å². The van der Waals surface area contributed by atoms with Crippen LogP contribution in [0.2, 0.25) is 5.02 Å². The van der Waals surface area contributed by atoms with Crippen molar-refractivity contribution >= 4 is 24.5 Å². The first kappa shape index (κ1) is 16.7. The Labute approximate surface area is 120 Å². The first-order chi connectivity index (χ1) is 9.14. The third kappa shape index (κ3) is 5.27. The molecule has 0 amide bonds. The monoisotopic (exact) mass is 304 g/mol. The van der Waals surface area contributed by atoms with E-state index in [0.717, 1.165) is 25.7 Å². The summed E-state index contributed by atoms with van der Waals surface area (Å²) >= 11 is 6.10. The fourth-order valence-corrected chi connectivity index (χ4v) is 3.65. The van der Waals surface area contributed by atoms with Gasteiger partial charge < -0.3 is 9.05 Å². The van der Waals surface area contributed by atoms with Gasteiger partial charge in [0.05, 0.1) is 23.5 Å². The summed E-state index contributed by atoms with van der Waals surface area (Å²) in [5, 5.41) is 0.891. The smallest absolute Gasteiger partial charge is 0.305 e. The molecule has 0 unspecified atom stereocenters. The van der Waals surface area contributed by atoms with Gasteiger partial charge in [0.15, 0.2) is 0 Å². The zero-order chi connectivity index (χ0) is 14.1. The summed E-state index contributed by atoms with van der Waals surface area (Å²) in [6, 6.07) is 7.01. The lowest BCUT2D eigenvalue weighted by Crippen LogP contribution is -2.13. The molecule has 0 heterocycles. The molecule has 0 saturated carbocycles. The number of hydrogen-bond donors (Lipinski definition) is 0. The third-order valence-electron chi connectivity index (χ3n) is 2.67. The average molecular weight is 305 g/mol. The van der Waals surface area contributed by atoms with Gasteiger partial charge >= 0.3 is 7.60 Å². The maximum atomic E-state index is 12.9. The van der Waals surface area contributed by atoms with E-state index in [1.807, 2.05) is 0 Å². The van der Waals surface area contributed by atoms with Crippen LogP contribution in [0.5, 0.6) is 0 Å². The maximum Gasteiger partial charge on any atom is 0.362 e. The molecule has 1 aromatic carbocycles. The molecule has 0 radical (unpaired) electrons. The SMILES string of the molecule is CCCCOP(=O)(OCCCC)c1ccccc1Cl. The highest BCUT2D eigenvalue weighted by Crippen LogP contribution is 2.49. The molecule has 0 atom stereocenters. The minimum Gasteiger partial charge on any atom is -0.305 e. The highest BCUT2D eigenvalue weighted by Gasteiger charge is 2.29. The third-order valence-corrected chi connectivity index (χ3v) is 5.15. The van der Waals surface area contributed by atoms with Crippen LogP contribution in [0.25, 0.3) is 0 Å². The lowest BCUT2D eigenvalue weighted by Gasteiger charge is -2.19. The van der Waals surface area contributed by atoms with E-state index in [1.165, 1.54) is 0 Å². The van der Waals surface area contributed by atoms with Crippen molar-refractivity contribution in [3.8, 4) is 0 Å². The van der Waals surface area contributed by atoms with Crippen LogP contribution in [0.4, 0.5) is 0 Å². The summed E-state index contributed by atoms with van der Waals surface area (Å²) in [5.41, 5.74) is 0. The Balaban J connectivity index is 2.84. The molecule has 0 bridgehead atoms. The molecule has 108 valence electrons. The van der Waals surface area contributed by atoms with Gasteiger partial charge in [-0.1, -0.05) is 50.4 Å². The van der Waals surface area contributed by atoms with Gasteiger partial charge in [-0.25, -0.2) is 0 Å². The van der Waals surface area contributed by atoms with Crippen molar-refractivity contribution in [2.75, 3.05) is 13.2 Å². The molecule has 0 aliphatic carbocycles. The van der Waals surface area contributed by atoms with E-state index in [4.69, 9.17) is 20.6 Å². The van der Waals surface area contributed by atoms with Crippen LogP contribution < -0.4 is 5.30 Å². The maximum absolute atomic E-state index is 12.9. The molecule has 0 N–H and O–H groups in total. The molecule has 0 aliphatic heterocycles. The molecule has 5 heteroatoms. The number of halogens is 1. The van der Waals surface area contributed by atoms with Crippen molar-refractivity contribution in [2.24, 2.45) is 0 Å². The second kappa shape index (κ2) is 8.76.